The summed E-state index contributed by atoms with van der Waals surface area (Å²) < 4.78 is 7.78. The highest BCUT2D eigenvalue weighted by Gasteiger charge is 2.09. The highest BCUT2D eigenvalue weighted by molar-refractivity contribution is 8.01. The zero-order valence-electron chi connectivity index (χ0n) is 15.9. The van der Waals surface area contributed by atoms with Crippen molar-refractivity contribution in [3.05, 3.63) is 83.9 Å². The summed E-state index contributed by atoms with van der Waals surface area (Å²) in [5.74, 6) is 1.60. The van der Waals surface area contributed by atoms with Gasteiger partial charge in [0.25, 0.3) is 5.91 Å². The van der Waals surface area contributed by atoms with Gasteiger partial charge >= 0.3 is 0 Å². The normalized spacial score (nSPS) is 10.8. The van der Waals surface area contributed by atoms with Gasteiger partial charge in [-0.15, -0.1) is 11.3 Å². The van der Waals surface area contributed by atoms with Crippen LogP contribution in [0.15, 0.2) is 77.1 Å². The third-order valence-electron chi connectivity index (χ3n) is 4.26. The maximum atomic E-state index is 12.4. The van der Waals surface area contributed by atoms with Gasteiger partial charge in [-0.05, 0) is 49.4 Å². The van der Waals surface area contributed by atoms with Gasteiger partial charge in [0, 0.05) is 17.0 Å². The monoisotopic (exact) mass is 420 g/mol. The number of aromatic nitrogens is 1. The average molecular weight is 421 g/mol. The molecule has 1 heterocycles. The van der Waals surface area contributed by atoms with Gasteiger partial charge in [-0.1, -0.05) is 47.7 Å². The molecular weight excluding hydrogens is 400 g/mol. The number of ether oxygens (including phenoxy) is 1. The molecular formula is C23H20N2O2S2. The molecule has 0 unspecified atom stereocenters. The van der Waals surface area contributed by atoms with Crippen molar-refractivity contribution in [2.24, 2.45) is 0 Å². The minimum Gasteiger partial charge on any atom is -0.493 e. The first-order valence-corrected chi connectivity index (χ1v) is 11.1. The summed E-state index contributed by atoms with van der Waals surface area (Å²) in [5, 5.41) is 2.96. The number of fused-ring (bicyclic) bond motifs is 1. The number of carbonyl (C=O) groups is 1. The molecule has 4 aromatic rings. The number of para-hydroxylation sites is 1. The fourth-order valence-electron chi connectivity index (χ4n) is 2.76. The van der Waals surface area contributed by atoms with Crippen molar-refractivity contribution in [2.75, 3.05) is 17.7 Å². The van der Waals surface area contributed by atoms with Gasteiger partial charge in [-0.2, -0.15) is 0 Å². The van der Waals surface area contributed by atoms with E-state index >= 15 is 0 Å². The second-order valence-corrected chi connectivity index (χ2v) is 8.87. The van der Waals surface area contributed by atoms with Crippen LogP contribution >= 0.6 is 23.1 Å². The molecule has 0 radical (unpaired) electrons. The van der Waals surface area contributed by atoms with Crippen LogP contribution < -0.4 is 10.1 Å². The van der Waals surface area contributed by atoms with Crippen molar-refractivity contribution in [1.29, 1.82) is 0 Å². The van der Waals surface area contributed by atoms with E-state index in [4.69, 9.17) is 4.74 Å². The third-order valence-corrected chi connectivity index (χ3v) is 6.39. The fourth-order valence-corrected chi connectivity index (χ4v) is 4.75. The molecule has 0 saturated heterocycles. The molecule has 3 aromatic carbocycles. The molecule has 0 bridgehead atoms. The van der Waals surface area contributed by atoms with Crippen LogP contribution in [0.2, 0.25) is 0 Å². The lowest BCUT2D eigenvalue weighted by molar-refractivity contribution is 0.102. The van der Waals surface area contributed by atoms with Crippen molar-refractivity contribution >= 4 is 44.9 Å². The summed E-state index contributed by atoms with van der Waals surface area (Å²) in [6.45, 7) is 2.63. The molecule has 29 heavy (non-hydrogen) atoms. The van der Waals surface area contributed by atoms with Gasteiger partial charge in [0.05, 0.1) is 16.8 Å². The minimum absolute atomic E-state index is 0.110. The first-order valence-electron chi connectivity index (χ1n) is 9.27. The summed E-state index contributed by atoms with van der Waals surface area (Å²) in [5.41, 5.74) is 3.49. The van der Waals surface area contributed by atoms with Crippen LogP contribution in [0.3, 0.4) is 0 Å². The topological polar surface area (TPSA) is 51.2 Å². The molecule has 0 aliphatic carbocycles. The summed E-state index contributed by atoms with van der Waals surface area (Å²) in [4.78, 5) is 17.1. The molecule has 0 atom stereocenters. The molecule has 6 heteroatoms. The van der Waals surface area contributed by atoms with E-state index in [0.717, 1.165) is 37.3 Å². The van der Waals surface area contributed by atoms with Crippen molar-refractivity contribution in [1.82, 2.24) is 4.98 Å². The van der Waals surface area contributed by atoms with E-state index in [0.29, 0.717) is 12.2 Å². The number of rotatable bonds is 7. The number of nitrogens with one attached hydrogen (secondary N) is 1. The smallest absolute Gasteiger partial charge is 0.255 e. The Bertz CT molecular complexity index is 1110. The number of hydrogen-bond donors (Lipinski definition) is 1. The predicted octanol–water partition coefficient (Wildman–Crippen LogP) is 6.03. The van der Waals surface area contributed by atoms with Crippen molar-refractivity contribution in [3.8, 4) is 5.75 Å². The maximum absolute atomic E-state index is 12.4. The number of carbonyl (C=O) groups excluding carboxylic acids is 1. The standard InChI is InChI=1S/C23H20N2O2S2/c1-16-7-9-17(10-8-16)22(26)24-18-11-12-20-21(15-18)29-23(25-20)28-14-13-27-19-5-3-2-4-6-19/h2-12,15H,13-14H2,1H3,(H,24,26). The number of benzene rings is 3. The van der Waals surface area contributed by atoms with E-state index in [1.165, 1.54) is 0 Å². The van der Waals surface area contributed by atoms with Crippen LogP contribution in [0.25, 0.3) is 10.2 Å². The Labute approximate surface area is 177 Å². The molecule has 0 fully saturated rings. The second-order valence-electron chi connectivity index (χ2n) is 6.49. The van der Waals surface area contributed by atoms with E-state index < -0.39 is 0 Å². The maximum Gasteiger partial charge on any atom is 0.255 e. The molecule has 4 rings (SSSR count). The summed E-state index contributed by atoms with van der Waals surface area (Å²) in [6.07, 6.45) is 0. The number of aryl methyl sites for hydroxylation is 1. The quantitative estimate of drug-likeness (QED) is 0.293. The Morgan fingerprint density at radius 2 is 1.86 bits per heavy atom. The van der Waals surface area contributed by atoms with Crippen molar-refractivity contribution < 1.29 is 9.53 Å². The van der Waals surface area contributed by atoms with Crippen LogP contribution in [0.5, 0.6) is 5.75 Å². The highest BCUT2D eigenvalue weighted by Crippen LogP contribution is 2.31. The number of amides is 1. The number of thioether (sulfide) groups is 1. The Morgan fingerprint density at radius 1 is 1.07 bits per heavy atom. The Kier molecular flexibility index (Phi) is 6.12. The van der Waals surface area contributed by atoms with E-state index in [9.17, 15) is 4.79 Å². The first-order chi connectivity index (χ1) is 14.2. The molecule has 0 aliphatic rings. The van der Waals surface area contributed by atoms with E-state index in [-0.39, 0.29) is 5.91 Å². The lowest BCUT2D eigenvalue weighted by Crippen LogP contribution is -2.11. The van der Waals surface area contributed by atoms with Crippen LogP contribution in [-0.2, 0) is 0 Å². The van der Waals surface area contributed by atoms with Crippen molar-refractivity contribution in [2.45, 2.75) is 11.3 Å². The van der Waals surface area contributed by atoms with Gasteiger partial charge in [0.15, 0.2) is 4.34 Å². The van der Waals surface area contributed by atoms with E-state index in [1.54, 1.807) is 23.1 Å². The molecule has 4 nitrogen and oxygen atoms in total. The van der Waals surface area contributed by atoms with Gasteiger partial charge in [-0.25, -0.2) is 4.98 Å². The molecule has 1 aromatic heterocycles. The Balaban J connectivity index is 1.35. The third kappa shape index (κ3) is 5.16. The molecule has 0 aliphatic heterocycles. The number of anilines is 1. The molecule has 1 amide bonds. The van der Waals surface area contributed by atoms with Crippen molar-refractivity contribution in [3.63, 3.8) is 0 Å². The number of nitrogens with zero attached hydrogens (tertiary/aromatic N) is 1. The minimum atomic E-state index is -0.110. The van der Waals surface area contributed by atoms with Crippen LogP contribution in [0.4, 0.5) is 5.69 Å². The molecule has 146 valence electrons. The number of thiazole rings is 1. The Morgan fingerprint density at radius 3 is 2.66 bits per heavy atom. The molecule has 0 spiro atoms. The van der Waals surface area contributed by atoms with E-state index in [2.05, 4.69) is 10.3 Å². The Hall–Kier alpha value is -2.83. The summed E-state index contributed by atoms with van der Waals surface area (Å²) >= 11 is 3.31. The zero-order valence-corrected chi connectivity index (χ0v) is 17.6. The summed E-state index contributed by atoms with van der Waals surface area (Å²) in [6, 6.07) is 23.2. The van der Waals surface area contributed by atoms with Crippen LogP contribution in [0, 0.1) is 6.92 Å². The first kappa shape index (κ1) is 19.5. The van der Waals surface area contributed by atoms with Crippen LogP contribution in [-0.4, -0.2) is 23.3 Å². The fraction of sp³-hybridized carbons (Fsp3) is 0.130. The van der Waals surface area contributed by atoms with Gasteiger partial charge in [0.2, 0.25) is 0 Å². The summed E-state index contributed by atoms with van der Waals surface area (Å²) in [7, 11) is 0. The zero-order chi connectivity index (χ0) is 20.1. The van der Waals surface area contributed by atoms with Gasteiger partial charge in [0.1, 0.15) is 5.75 Å². The van der Waals surface area contributed by atoms with E-state index in [1.807, 2.05) is 79.7 Å². The average Bonchev–Trinajstić information content (AvgIpc) is 3.14. The number of hydrogen-bond acceptors (Lipinski definition) is 5. The molecule has 0 saturated carbocycles. The molecule has 1 N–H and O–H groups in total. The van der Waals surface area contributed by atoms with Gasteiger partial charge < -0.3 is 10.1 Å². The van der Waals surface area contributed by atoms with Crippen LogP contribution in [0.1, 0.15) is 15.9 Å². The SMILES string of the molecule is Cc1ccc(C(=O)Nc2ccc3nc(SCCOc4ccccc4)sc3c2)cc1. The lowest BCUT2D eigenvalue weighted by atomic mass is 10.1. The van der Waals surface area contributed by atoms with Gasteiger partial charge in [-0.3, -0.25) is 4.79 Å². The largest absolute Gasteiger partial charge is 0.493 e. The lowest BCUT2D eigenvalue weighted by Gasteiger charge is -2.05. The predicted molar refractivity (Wildman–Crippen MR) is 121 cm³/mol. The second kappa shape index (κ2) is 9.11. The highest BCUT2D eigenvalue weighted by atomic mass is 32.2.